The van der Waals surface area contributed by atoms with E-state index in [1.165, 1.54) is 66.8 Å². The molecule has 320 valence electrons. The van der Waals surface area contributed by atoms with Crippen molar-refractivity contribution in [3.8, 4) is 89.8 Å². The van der Waals surface area contributed by atoms with Gasteiger partial charge in [-0.15, -0.1) is 0 Å². The zero-order valence-electron chi connectivity index (χ0n) is 37.6. The molecule has 0 radical (unpaired) electrons. The average Bonchev–Trinajstić information content (AvgIpc) is 3.87. The van der Waals surface area contributed by atoms with Crippen molar-refractivity contribution < 1.29 is 0 Å². The minimum atomic E-state index is -0.547. The van der Waals surface area contributed by atoms with Gasteiger partial charge in [0.05, 0.1) is 5.41 Å². The first kappa shape index (κ1) is 40.7. The van der Waals surface area contributed by atoms with Crippen molar-refractivity contribution in [1.29, 1.82) is 0 Å². The minimum Gasteiger partial charge on any atom is -0.208 e. The van der Waals surface area contributed by atoms with Crippen molar-refractivity contribution >= 4 is 5.57 Å². The second-order valence-corrected chi connectivity index (χ2v) is 17.4. The van der Waals surface area contributed by atoms with Crippen LogP contribution in [0.25, 0.3) is 95.4 Å². The van der Waals surface area contributed by atoms with E-state index in [-0.39, 0.29) is 0 Å². The Balaban J connectivity index is 1.05. The van der Waals surface area contributed by atoms with Gasteiger partial charge in [0, 0.05) is 16.7 Å². The van der Waals surface area contributed by atoms with Crippen LogP contribution in [0.5, 0.6) is 0 Å². The highest BCUT2D eigenvalue weighted by Gasteiger charge is 2.53. The monoisotopic (exact) mass is 867 g/mol. The summed E-state index contributed by atoms with van der Waals surface area (Å²) in [6.45, 7) is 6.35. The molecule has 9 aromatic carbocycles. The Morgan fingerprint density at radius 1 is 0.353 bits per heavy atom. The summed E-state index contributed by atoms with van der Waals surface area (Å²) in [5, 5.41) is 0. The standard InChI is InChI=1S/C65H45N3/c1-3-22-57-51(4-2)52-33-17-19-35-58(52)65(57)59-36-20-18-34-53(59)54-38-37-49(42-60(54)65)64-67-62(46-29-15-8-16-30-46)66-63(68-64)48-32-21-31-47(39-48)50-40-55(43-23-9-5-10-24-43)61(45-27-13-7-14-28-45)56(41-50)44-25-11-6-12-26-44/h3-42H,1H2,2H3/b51-4-,57-22+. The molecule has 68 heavy (non-hydrogen) atoms. The first-order valence-corrected chi connectivity index (χ1v) is 23.2. The van der Waals surface area contributed by atoms with Crippen LogP contribution in [0.4, 0.5) is 0 Å². The summed E-state index contributed by atoms with van der Waals surface area (Å²) in [5.41, 5.74) is 21.3. The summed E-state index contributed by atoms with van der Waals surface area (Å²) in [7, 11) is 0. The molecule has 1 aromatic heterocycles. The predicted octanol–water partition coefficient (Wildman–Crippen LogP) is 16.4. The minimum absolute atomic E-state index is 0.547. The Bertz CT molecular complexity index is 3570. The van der Waals surface area contributed by atoms with Crippen LogP contribution in [0, 0.1) is 0 Å². The molecule has 0 saturated heterocycles. The van der Waals surface area contributed by atoms with E-state index in [1.54, 1.807) is 0 Å². The third-order valence-corrected chi connectivity index (χ3v) is 13.7. The smallest absolute Gasteiger partial charge is 0.164 e. The molecule has 1 heterocycles. The van der Waals surface area contributed by atoms with E-state index < -0.39 is 5.41 Å². The molecule has 1 atom stereocenters. The highest BCUT2D eigenvalue weighted by atomic mass is 15.0. The third-order valence-electron chi connectivity index (χ3n) is 13.7. The van der Waals surface area contributed by atoms with Crippen molar-refractivity contribution in [1.82, 2.24) is 15.0 Å². The summed E-state index contributed by atoms with van der Waals surface area (Å²) in [4.78, 5) is 15.9. The Labute approximate surface area is 397 Å². The van der Waals surface area contributed by atoms with Crippen molar-refractivity contribution in [2.45, 2.75) is 12.3 Å². The molecule has 0 fully saturated rings. The molecule has 0 amide bonds. The van der Waals surface area contributed by atoms with Crippen LogP contribution in [0.1, 0.15) is 29.2 Å². The number of aromatic nitrogens is 3. The predicted molar refractivity (Wildman–Crippen MR) is 282 cm³/mol. The van der Waals surface area contributed by atoms with Gasteiger partial charge in [-0.05, 0) is 120 Å². The molecule has 0 bridgehead atoms. The van der Waals surface area contributed by atoms with E-state index in [1.807, 2.05) is 24.3 Å². The number of rotatable bonds is 8. The van der Waals surface area contributed by atoms with Gasteiger partial charge < -0.3 is 0 Å². The number of allylic oxidation sites excluding steroid dienone is 5. The van der Waals surface area contributed by atoms with Gasteiger partial charge in [0.2, 0.25) is 0 Å². The van der Waals surface area contributed by atoms with Crippen LogP contribution in [-0.4, -0.2) is 15.0 Å². The SMILES string of the molecule is C=C/C=C1\C(=C/C)c2ccccc2C12c1ccccc1-c1ccc(-c3nc(-c4ccccc4)nc(-c4cccc(-c5cc(-c6ccccc6)c(-c6ccccc6)c(-c6ccccc6)c5)c4)n3)cc12. The van der Waals surface area contributed by atoms with Gasteiger partial charge in [0.1, 0.15) is 0 Å². The summed E-state index contributed by atoms with van der Waals surface area (Å²) in [6, 6.07) is 80.2. The number of benzene rings is 9. The lowest BCUT2D eigenvalue weighted by molar-refractivity contribution is 0.794. The topological polar surface area (TPSA) is 38.7 Å². The number of hydrogen-bond donors (Lipinski definition) is 0. The molecule has 0 saturated carbocycles. The lowest BCUT2D eigenvalue weighted by atomic mass is 9.70. The average molecular weight is 868 g/mol. The Morgan fingerprint density at radius 2 is 0.809 bits per heavy atom. The zero-order chi connectivity index (χ0) is 45.6. The first-order chi connectivity index (χ1) is 33.6. The number of nitrogens with zero attached hydrogens (tertiary/aromatic N) is 3. The van der Waals surface area contributed by atoms with Gasteiger partial charge in [0.25, 0.3) is 0 Å². The molecule has 0 N–H and O–H groups in total. The molecule has 2 aliphatic rings. The Hall–Kier alpha value is -8.79. The molecule has 3 heteroatoms. The molecule has 10 aromatic rings. The number of fused-ring (bicyclic) bond motifs is 7. The highest BCUT2D eigenvalue weighted by Crippen LogP contribution is 2.64. The summed E-state index contributed by atoms with van der Waals surface area (Å²) in [5.74, 6) is 1.84. The fourth-order valence-electron chi connectivity index (χ4n) is 10.8. The van der Waals surface area contributed by atoms with Crippen molar-refractivity contribution in [2.75, 3.05) is 0 Å². The molecule has 12 rings (SSSR count). The summed E-state index contributed by atoms with van der Waals surface area (Å²) >= 11 is 0. The van der Waals surface area contributed by atoms with Crippen LogP contribution < -0.4 is 0 Å². The van der Waals surface area contributed by atoms with Crippen molar-refractivity contribution in [3.05, 3.63) is 277 Å². The van der Waals surface area contributed by atoms with E-state index in [0.29, 0.717) is 17.5 Å². The Kier molecular flexibility index (Phi) is 10.1. The second-order valence-electron chi connectivity index (χ2n) is 17.4. The zero-order valence-corrected chi connectivity index (χ0v) is 37.6. The molecular formula is C65H45N3. The van der Waals surface area contributed by atoms with Crippen LogP contribution in [0.3, 0.4) is 0 Å². The maximum Gasteiger partial charge on any atom is 0.164 e. The van der Waals surface area contributed by atoms with Crippen LogP contribution in [0.2, 0.25) is 0 Å². The van der Waals surface area contributed by atoms with Gasteiger partial charge in [-0.1, -0.05) is 225 Å². The Morgan fingerprint density at radius 3 is 1.40 bits per heavy atom. The van der Waals surface area contributed by atoms with Gasteiger partial charge in [-0.25, -0.2) is 15.0 Å². The van der Waals surface area contributed by atoms with Crippen LogP contribution in [-0.2, 0) is 5.41 Å². The van der Waals surface area contributed by atoms with Crippen LogP contribution in [0.15, 0.2) is 255 Å². The molecule has 1 unspecified atom stereocenters. The normalized spacial score (nSPS) is 15.6. The van der Waals surface area contributed by atoms with Crippen molar-refractivity contribution in [3.63, 3.8) is 0 Å². The quantitative estimate of drug-likeness (QED) is 0.153. The first-order valence-electron chi connectivity index (χ1n) is 23.2. The molecular weight excluding hydrogens is 823 g/mol. The lowest BCUT2D eigenvalue weighted by Crippen LogP contribution is -2.26. The fraction of sp³-hybridized carbons (Fsp3) is 0.0308. The highest BCUT2D eigenvalue weighted by molar-refractivity contribution is 6.01. The van der Waals surface area contributed by atoms with E-state index in [0.717, 1.165) is 38.9 Å². The fourth-order valence-corrected chi connectivity index (χ4v) is 10.8. The van der Waals surface area contributed by atoms with E-state index in [2.05, 4.69) is 232 Å². The van der Waals surface area contributed by atoms with E-state index in [9.17, 15) is 0 Å². The summed E-state index contributed by atoms with van der Waals surface area (Å²) in [6.07, 6.45) is 6.38. The van der Waals surface area contributed by atoms with Crippen LogP contribution >= 0.6 is 0 Å². The lowest BCUT2D eigenvalue weighted by Gasteiger charge is -2.31. The molecule has 3 nitrogen and oxygen atoms in total. The summed E-state index contributed by atoms with van der Waals surface area (Å²) < 4.78 is 0. The maximum atomic E-state index is 5.37. The van der Waals surface area contributed by atoms with Gasteiger partial charge in [0.15, 0.2) is 17.5 Å². The number of hydrogen-bond acceptors (Lipinski definition) is 3. The molecule has 0 aliphatic heterocycles. The van der Waals surface area contributed by atoms with Gasteiger partial charge in [-0.2, -0.15) is 0 Å². The van der Waals surface area contributed by atoms with Gasteiger partial charge in [-0.3, -0.25) is 0 Å². The third kappa shape index (κ3) is 6.62. The molecule has 2 aliphatic carbocycles. The van der Waals surface area contributed by atoms with E-state index in [4.69, 9.17) is 15.0 Å². The maximum absolute atomic E-state index is 5.37. The second kappa shape index (κ2) is 16.9. The van der Waals surface area contributed by atoms with Gasteiger partial charge >= 0.3 is 0 Å². The molecule has 1 spiro atoms. The van der Waals surface area contributed by atoms with Crippen molar-refractivity contribution in [2.24, 2.45) is 0 Å². The largest absolute Gasteiger partial charge is 0.208 e. The van der Waals surface area contributed by atoms with E-state index >= 15 is 0 Å².